The fourth-order valence-electron chi connectivity index (χ4n) is 1.29. The number of ketones is 1. The largest absolute Gasteiger partial charge is 0.480 e. The molecule has 1 amide bonds. The van der Waals surface area contributed by atoms with Crippen LogP contribution in [0.15, 0.2) is 0 Å². The fraction of sp³-hybridized carbons (Fsp3) is 0.571. The molecule has 15 heavy (non-hydrogen) atoms. The van der Waals surface area contributed by atoms with Crippen molar-refractivity contribution in [2.75, 3.05) is 6.54 Å². The smallest absolute Gasteiger partial charge is 0.471 e. The summed E-state index contributed by atoms with van der Waals surface area (Å²) in [4.78, 5) is 32.0. The lowest BCUT2D eigenvalue weighted by Crippen LogP contribution is -2.46. The molecule has 1 aliphatic rings. The van der Waals surface area contributed by atoms with E-state index in [0.717, 1.165) is 0 Å². The Labute approximate surface area is 81.5 Å². The summed E-state index contributed by atoms with van der Waals surface area (Å²) in [6.45, 7) is -0.796. The van der Waals surface area contributed by atoms with Gasteiger partial charge in [0, 0.05) is 6.42 Å². The fourth-order valence-corrected chi connectivity index (χ4v) is 1.29. The number of hydrogen-bond donors (Lipinski definition) is 1. The number of likely N-dealkylation sites (tertiary alicyclic amines) is 1. The van der Waals surface area contributed by atoms with E-state index in [1.807, 2.05) is 0 Å². The number of aliphatic carboxylic acids is 1. The molecule has 0 aromatic heterocycles. The molecule has 0 aromatic rings. The molecule has 1 aliphatic heterocycles. The second-order valence-electron chi connectivity index (χ2n) is 3.03. The van der Waals surface area contributed by atoms with Gasteiger partial charge >= 0.3 is 18.1 Å². The third-order valence-corrected chi connectivity index (χ3v) is 1.93. The zero-order valence-electron chi connectivity index (χ0n) is 7.24. The van der Waals surface area contributed by atoms with Crippen LogP contribution in [-0.2, 0) is 14.4 Å². The van der Waals surface area contributed by atoms with Gasteiger partial charge in [-0.15, -0.1) is 0 Å². The molecule has 0 unspecified atom stereocenters. The molecule has 8 heteroatoms. The zero-order valence-corrected chi connectivity index (χ0v) is 7.24. The third kappa shape index (κ3) is 2.25. The number of rotatable bonds is 1. The molecule has 84 valence electrons. The molecule has 0 bridgehead atoms. The average Bonchev–Trinajstić information content (AvgIpc) is 2.44. The second-order valence-corrected chi connectivity index (χ2v) is 3.03. The van der Waals surface area contributed by atoms with Gasteiger partial charge in [0.15, 0.2) is 5.78 Å². The molecular weight excluding hydrogens is 219 g/mol. The van der Waals surface area contributed by atoms with Crippen molar-refractivity contribution in [1.29, 1.82) is 0 Å². The second kappa shape index (κ2) is 3.52. The number of nitrogens with zero attached hydrogens (tertiary/aromatic N) is 1. The average molecular weight is 225 g/mol. The summed E-state index contributed by atoms with van der Waals surface area (Å²) in [5.41, 5.74) is 0. The van der Waals surface area contributed by atoms with E-state index in [0.29, 0.717) is 0 Å². The van der Waals surface area contributed by atoms with Crippen LogP contribution in [-0.4, -0.2) is 46.4 Å². The molecule has 1 rings (SSSR count). The van der Waals surface area contributed by atoms with Crippen molar-refractivity contribution in [2.24, 2.45) is 0 Å². The maximum absolute atomic E-state index is 12.0. The Hall–Kier alpha value is -1.60. The van der Waals surface area contributed by atoms with E-state index in [4.69, 9.17) is 5.11 Å². The minimum atomic E-state index is -5.15. The predicted octanol–water partition coefficient (Wildman–Crippen LogP) is -0.197. The van der Waals surface area contributed by atoms with Gasteiger partial charge in [0.1, 0.15) is 6.04 Å². The number of amides is 1. The Morgan fingerprint density at radius 1 is 1.40 bits per heavy atom. The first-order valence-corrected chi connectivity index (χ1v) is 3.85. The highest BCUT2D eigenvalue weighted by molar-refractivity contribution is 5.98. The van der Waals surface area contributed by atoms with Crippen LogP contribution in [0.4, 0.5) is 13.2 Å². The number of halogens is 3. The van der Waals surface area contributed by atoms with Crippen molar-refractivity contribution in [3.8, 4) is 0 Å². The van der Waals surface area contributed by atoms with Gasteiger partial charge in [-0.1, -0.05) is 0 Å². The first-order chi connectivity index (χ1) is 6.73. The number of alkyl halides is 3. The molecular formula is C7H6F3NO4. The van der Waals surface area contributed by atoms with Crippen LogP contribution in [0, 0.1) is 0 Å². The van der Waals surface area contributed by atoms with E-state index < -0.39 is 42.8 Å². The molecule has 0 radical (unpaired) electrons. The van der Waals surface area contributed by atoms with Gasteiger partial charge in [-0.2, -0.15) is 13.2 Å². The number of carbonyl (C=O) groups is 3. The molecule has 1 heterocycles. The Kier molecular flexibility index (Phi) is 2.69. The molecule has 0 saturated carbocycles. The third-order valence-electron chi connectivity index (χ3n) is 1.93. The summed E-state index contributed by atoms with van der Waals surface area (Å²) in [6.07, 6.45) is -5.73. The van der Waals surface area contributed by atoms with Gasteiger partial charge in [0.2, 0.25) is 0 Å². The van der Waals surface area contributed by atoms with Gasteiger partial charge in [0.25, 0.3) is 0 Å². The number of Topliss-reactive ketones (excluding diaryl/α,β-unsaturated/α-hetero) is 1. The summed E-state index contributed by atoms with van der Waals surface area (Å²) in [7, 11) is 0. The Morgan fingerprint density at radius 3 is 2.33 bits per heavy atom. The summed E-state index contributed by atoms with van der Waals surface area (Å²) in [5.74, 6) is -4.60. The first kappa shape index (κ1) is 11.5. The van der Waals surface area contributed by atoms with E-state index >= 15 is 0 Å². The molecule has 1 atom stereocenters. The summed E-state index contributed by atoms with van der Waals surface area (Å²) in [6, 6.07) is -1.70. The van der Waals surface area contributed by atoms with Gasteiger partial charge in [-0.05, 0) is 0 Å². The normalized spacial score (nSPS) is 21.9. The lowest BCUT2D eigenvalue weighted by Gasteiger charge is -2.21. The van der Waals surface area contributed by atoms with Crippen molar-refractivity contribution in [3.63, 3.8) is 0 Å². The van der Waals surface area contributed by atoms with E-state index in [1.165, 1.54) is 0 Å². The van der Waals surface area contributed by atoms with E-state index in [1.54, 1.807) is 0 Å². The maximum atomic E-state index is 12.0. The van der Waals surface area contributed by atoms with Crippen LogP contribution in [0.3, 0.4) is 0 Å². The number of carbonyl (C=O) groups excluding carboxylic acids is 2. The highest BCUT2D eigenvalue weighted by atomic mass is 19.4. The highest BCUT2D eigenvalue weighted by Gasteiger charge is 2.49. The summed E-state index contributed by atoms with van der Waals surface area (Å²) >= 11 is 0. The van der Waals surface area contributed by atoms with Crippen LogP contribution < -0.4 is 0 Å². The van der Waals surface area contributed by atoms with Crippen LogP contribution in [0.1, 0.15) is 6.42 Å². The molecule has 5 nitrogen and oxygen atoms in total. The number of hydrogen-bond acceptors (Lipinski definition) is 3. The lowest BCUT2D eigenvalue weighted by atomic mass is 10.2. The van der Waals surface area contributed by atoms with Crippen molar-refractivity contribution in [3.05, 3.63) is 0 Å². The molecule has 0 aliphatic carbocycles. The van der Waals surface area contributed by atoms with Crippen LogP contribution in [0.25, 0.3) is 0 Å². The van der Waals surface area contributed by atoms with Gasteiger partial charge < -0.3 is 10.0 Å². The van der Waals surface area contributed by atoms with Crippen molar-refractivity contribution < 1.29 is 32.7 Å². The van der Waals surface area contributed by atoms with Crippen LogP contribution >= 0.6 is 0 Å². The van der Waals surface area contributed by atoms with E-state index in [-0.39, 0.29) is 4.90 Å². The zero-order chi connectivity index (χ0) is 11.8. The predicted molar refractivity (Wildman–Crippen MR) is 38.8 cm³/mol. The van der Waals surface area contributed by atoms with Crippen molar-refractivity contribution in [1.82, 2.24) is 4.90 Å². The van der Waals surface area contributed by atoms with Crippen LogP contribution in [0.5, 0.6) is 0 Å². The topological polar surface area (TPSA) is 74.7 Å². The Morgan fingerprint density at radius 2 is 1.93 bits per heavy atom. The molecule has 0 aromatic carbocycles. The standard InChI is InChI=1S/C7H6F3NO4/c8-7(9,10)6(15)11-2-3(12)1-4(11)5(13)14/h4H,1-2H2,(H,13,14)/t4-/m1/s1. The molecule has 1 fully saturated rings. The van der Waals surface area contributed by atoms with Gasteiger partial charge in [0.05, 0.1) is 6.54 Å². The lowest BCUT2D eigenvalue weighted by molar-refractivity contribution is -0.188. The SMILES string of the molecule is O=C1C[C@H](C(=O)O)N(C(=O)C(F)(F)F)C1. The van der Waals surface area contributed by atoms with Crippen molar-refractivity contribution >= 4 is 17.7 Å². The van der Waals surface area contributed by atoms with E-state index in [2.05, 4.69) is 0 Å². The molecule has 1 saturated heterocycles. The first-order valence-electron chi connectivity index (χ1n) is 3.85. The van der Waals surface area contributed by atoms with Crippen molar-refractivity contribution in [2.45, 2.75) is 18.6 Å². The van der Waals surface area contributed by atoms with Gasteiger partial charge in [-0.25, -0.2) is 4.79 Å². The maximum Gasteiger partial charge on any atom is 0.471 e. The molecule has 1 N–H and O–H groups in total. The minimum Gasteiger partial charge on any atom is -0.480 e. The number of carboxylic acids is 1. The quantitative estimate of drug-likeness (QED) is 0.670. The Balaban J connectivity index is 2.89. The Bertz CT molecular complexity index is 325. The molecule has 0 spiro atoms. The number of carboxylic acid groups (broad SMARTS) is 1. The highest BCUT2D eigenvalue weighted by Crippen LogP contribution is 2.24. The summed E-state index contributed by atoms with van der Waals surface area (Å²) in [5, 5.41) is 8.50. The van der Waals surface area contributed by atoms with Gasteiger partial charge in [-0.3, -0.25) is 9.59 Å². The minimum absolute atomic E-state index is 0.0324. The monoisotopic (exact) mass is 225 g/mol. The summed E-state index contributed by atoms with van der Waals surface area (Å²) < 4.78 is 35.9. The van der Waals surface area contributed by atoms with Crippen LogP contribution in [0.2, 0.25) is 0 Å². The van der Waals surface area contributed by atoms with E-state index in [9.17, 15) is 27.6 Å².